The highest BCUT2D eigenvalue weighted by atomic mass is 79.9. The molecule has 2 aromatic carbocycles. The molecule has 0 saturated heterocycles. The van der Waals surface area contributed by atoms with Crippen LogP contribution < -0.4 is 21.5 Å². The lowest BCUT2D eigenvalue weighted by Gasteiger charge is -1.96. The molecule has 0 bridgehead atoms. The van der Waals surface area contributed by atoms with Gasteiger partial charge in [0.2, 0.25) is 6.33 Å². The lowest BCUT2D eigenvalue weighted by molar-refractivity contribution is -0.687. The van der Waals surface area contributed by atoms with E-state index in [1.54, 1.807) is 0 Å². The molecule has 0 aliphatic heterocycles. The van der Waals surface area contributed by atoms with Crippen LogP contribution in [-0.2, 0) is 6.54 Å². The quantitative estimate of drug-likeness (QED) is 0.593. The highest BCUT2D eigenvalue weighted by molar-refractivity contribution is 5.30. The number of hydrogen-bond acceptors (Lipinski definition) is 0. The Bertz CT molecular complexity index is 618. The van der Waals surface area contributed by atoms with Gasteiger partial charge < -0.3 is 17.0 Å². The number of nitrogens with zero attached hydrogens (tertiary/aromatic N) is 2. The molecule has 0 radical (unpaired) electrons. The van der Waals surface area contributed by atoms with Gasteiger partial charge in [0, 0.05) is 0 Å². The summed E-state index contributed by atoms with van der Waals surface area (Å²) >= 11 is 0. The van der Waals surface area contributed by atoms with Gasteiger partial charge in [-0.2, -0.15) is 0 Å². The zero-order chi connectivity index (χ0) is 12.2. The van der Waals surface area contributed by atoms with Crippen LogP contribution >= 0.6 is 0 Å². The molecule has 0 aliphatic rings. The molecular weight excluding hydrogens is 300 g/mol. The van der Waals surface area contributed by atoms with E-state index >= 15 is 0 Å². The molecule has 3 heteroatoms. The Hall–Kier alpha value is -1.87. The van der Waals surface area contributed by atoms with Crippen molar-refractivity contribution in [2.45, 2.75) is 6.54 Å². The summed E-state index contributed by atoms with van der Waals surface area (Å²) in [4.78, 5) is 0. The largest absolute Gasteiger partial charge is 1.00 e. The second-order valence-electron chi connectivity index (χ2n) is 4.31. The summed E-state index contributed by atoms with van der Waals surface area (Å²) in [5.74, 6) is 0. The van der Waals surface area contributed by atoms with Crippen LogP contribution in [0.3, 0.4) is 0 Å². The van der Waals surface area contributed by atoms with Crippen LogP contribution in [0.25, 0.3) is 5.69 Å². The zero-order valence-electron chi connectivity index (χ0n) is 10.5. The number of hydrogen-bond donors (Lipinski definition) is 0. The first-order valence-corrected chi connectivity index (χ1v) is 6.08. The van der Waals surface area contributed by atoms with Gasteiger partial charge in [-0.1, -0.05) is 48.5 Å². The smallest absolute Gasteiger partial charge is 0.249 e. The van der Waals surface area contributed by atoms with Gasteiger partial charge in [-0.3, -0.25) is 0 Å². The maximum absolute atomic E-state index is 2.18. The van der Waals surface area contributed by atoms with Crippen molar-refractivity contribution in [3.63, 3.8) is 0 Å². The summed E-state index contributed by atoms with van der Waals surface area (Å²) in [6, 6.07) is 20.8. The molecule has 1 aromatic heterocycles. The van der Waals surface area contributed by atoms with E-state index in [0.29, 0.717) is 0 Å². The second-order valence-corrected chi connectivity index (χ2v) is 4.31. The van der Waals surface area contributed by atoms with Crippen LogP contribution in [0, 0.1) is 0 Å². The molecule has 0 spiro atoms. The minimum Gasteiger partial charge on any atom is -1.00 e. The predicted molar refractivity (Wildman–Crippen MR) is 71.5 cm³/mol. The molecule has 96 valence electrons. The van der Waals surface area contributed by atoms with E-state index in [9.17, 15) is 0 Å². The Morgan fingerprint density at radius 1 is 0.842 bits per heavy atom. The third-order valence-corrected chi connectivity index (χ3v) is 2.95. The molecular formula is C16H15BrN2. The van der Waals surface area contributed by atoms with Crippen molar-refractivity contribution in [1.82, 2.24) is 4.57 Å². The van der Waals surface area contributed by atoms with E-state index < -0.39 is 0 Å². The van der Waals surface area contributed by atoms with E-state index in [1.807, 2.05) is 12.1 Å². The topological polar surface area (TPSA) is 8.81 Å². The van der Waals surface area contributed by atoms with Gasteiger partial charge in [0.15, 0.2) is 0 Å². The Balaban J connectivity index is 0.00000133. The third-order valence-electron chi connectivity index (χ3n) is 2.95. The predicted octanol–water partition coefficient (Wildman–Crippen LogP) is -0.183. The molecule has 3 aromatic rings. The van der Waals surface area contributed by atoms with Crippen LogP contribution in [-0.4, -0.2) is 4.57 Å². The number of rotatable bonds is 3. The maximum atomic E-state index is 2.18. The molecule has 0 saturated carbocycles. The van der Waals surface area contributed by atoms with Gasteiger partial charge in [-0.15, -0.1) is 0 Å². The summed E-state index contributed by atoms with van der Waals surface area (Å²) in [5, 5.41) is 0. The summed E-state index contributed by atoms with van der Waals surface area (Å²) in [7, 11) is 0. The van der Waals surface area contributed by atoms with Gasteiger partial charge in [0.25, 0.3) is 0 Å². The van der Waals surface area contributed by atoms with Gasteiger partial charge in [-0.05, 0) is 17.7 Å². The summed E-state index contributed by atoms with van der Waals surface area (Å²) in [6.07, 6.45) is 6.29. The molecule has 2 nitrogen and oxygen atoms in total. The number of benzene rings is 2. The number of aromatic nitrogens is 2. The standard InChI is InChI=1S/C16H15N2.BrH/c1-3-7-15(8-4-1)13-17-11-12-18(14-17)16-9-5-2-6-10-16;/h1-12,14H,13H2;1H/q+1;/p-1. The first-order valence-electron chi connectivity index (χ1n) is 6.08. The third kappa shape index (κ3) is 3.32. The maximum Gasteiger partial charge on any atom is 0.249 e. The molecule has 0 aliphatic carbocycles. The van der Waals surface area contributed by atoms with Crippen molar-refractivity contribution < 1.29 is 21.5 Å². The van der Waals surface area contributed by atoms with Gasteiger partial charge >= 0.3 is 0 Å². The second kappa shape index (κ2) is 6.34. The van der Waals surface area contributed by atoms with E-state index in [-0.39, 0.29) is 17.0 Å². The Labute approximate surface area is 123 Å². The highest BCUT2D eigenvalue weighted by Gasteiger charge is 2.05. The molecule has 0 amide bonds. The average Bonchev–Trinajstić information content (AvgIpc) is 2.89. The Kier molecular flexibility index (Phi) is 4.53. The fraction of sp³-hybridized carbons (Fsp3) is 0.0625. The molecule has 3 rings (SSSR count). The molecule has 1 heterocycles. The Morgan fingerprint density at radius 3 is 2.16 bits per heavy atom. The van der Waals surface area contributed by atoms with Crippen LogP contribution in [0.2, 0.25) is 0 Å². The number of para-hydroxylation sites is 1. The van der Waals surface area contributed by atoms with Crippen LogP contribution in [0.1, 0.15) is 5.56 Å². The highest BCUT2D eigenvalue weighted by Crippen LogP contribution is 2.05. The lowest BCUT2D eigenvalue weighted by atomic mass is 10.2. The molecule has 0 N–H and O–H groups in total. The van der Waals surface area contributed by atoms with Crippen LogP contribution in [0.15, 0.2) is 79.4 Å². The van der Waals surface area contributed by atoms with Gasteiger partial charge in [0.05, 0.1) is 0 Å². The van der Waals surface area contributed by atoms with E-state index in [0.717, 1.165) is 6.54 Å². The Morgan fingerprint density at radius 2 is 1.47 bits per heavy atom. The SMILES string of the molecule is [Br-].c1ccc(C[n+]2ccn(-c3ccccc3)c2)cc1. The van der Waals surface area contributed by atoms with Crippen molar-refractivity contribution >= 4 is 0 Å². The normalized spacial score (nSPS) is 9.89. The summed E-state index contributed by atoms with van der Waals surface area (Å²) < 4.78 is 4.31. The minimum absolute atomic E-state index is 0. The van der Waals surface area contributed by atoms with Crippen molar-refractivity contribution in [3.05, 3.63) is 84.9 Å². The summed E-state index contributed by atoms with van der Waals surface area (Å²) in [5.41, 5.74) is 2.50. The molecule has 0 fully saturated rings. The fourth-order valence-corrected chi connectivity index (χ4v) is 2.03. The first kappa shape index (κ1) is 13.6. The first-order chi connectivity index (χ1) is 8.92. The molecule has 0 atom stereocenters. The summed E-state index contributed by atoms with van der Waals surface area (Å²) in [6.45, 7) is 0.903. The van der Waals surface area contributed by atoms with E-state index in [4.69, 9.17) is 0 Å². The monoisotopic (exact) mass is 314 g/mol. The van der Waals surface area contributed by atoms with Crippen molar-refractivity contribution in [3.8, 4) is 5.69 Å². The fourth-order valence-electron chi connectivity index (χ4n) is 2.03. The number of imidazole rings is 1. The van der Waals surface area contributed by atoms with Crippen molar-refractivity contribution in [2.75, 3.05) is 0 Å². The van der Waals surface area contributed by atoms with Crippen molar-refractivity contribution in [1.29, 1.82) is 0 Å². The number of halogens is 1. The van der Waals surface area contributed by atoms with Crippen molar-refractivity contribution in [2.24, 2.45) is 0 Å². The van der Waals surface area contributed by atoms with Crippen LogP contribution in [0.4, 0.5) is 0 Å². The molecule has 19 heavy (non-hydrogen) atoms. The van der Waals surface area contributed by atoms with Gasteiger partial charge in [0.1, 0.15) is 24.6 Å². The van der Waals surface area contributed by atoms with Crippen LogP contribution in [0.5, 0.6) is 0 Å². The van der Waals surface area contributed by atoms with E-state index in [2.05, 4.69) is 76.4 Å². The van der Waals surface area contributed by atoms with E-state index in [1.165, 1.54) is 11.3 Å². The minimum atomic E-state index is 0. The lowest BCUT2D eigenvalue weighted by Crippen LogP contribution is -3.00. The zero-order valence-corrected chi connectivity index (χ0v) is 12.1. The molecule has 0 unspecified atom stereocenters. The average molecular weight is 315 g/mol. The van der Waals surface area contributed by atoms with Gasteiger partial charge in [-0.25, -0.2) is 9.13 Å².